The van der Waals surface area contributed by atoms with Crippen molar-refractivity contribution >= 4 is 15.9 Å². The number of piperazine rings is 1. The molecule has 0 bridgehead atoms. The highest BCUT2D eigenvalue weighted by Gasteiger charge is 2.31. The highest BCUT2D eigenvalue weighted by atomic mass is 32.2. The largest absolute Gasteiger partial charge is 0.441 e. The first-order chi connectivity index (χ1) is 16.4. The van der Waals surface area contributed by atoms with E-state index in [9.17, 15) is 17.6 Å². The molecule has 1 fully saturated rings. The fourth-order valence-electron chi connectivity index (χ4n) is 4.62. The zero-order chi connectivity index (χ0) is 23.7. The molecular weight excluding hydrogens is 457 g/mol. The van der Waals surface area contributed by atoms with Gasteiger partial charge in [-0.05, 0) is 54.7 Å². The van der Waals surface area contributed by atoms with E-state index in [1.165, 1.54) is 22.1 Å². The van der Waals surface area contributed by atoms with Crippen LogP contribution in [-0.4, -0.2) is 54.7 Å². The van der Waals surface area contributed by atoms with Crippen molar-refractivity contribution in [2.75, 3.05) is 26.2 Å². The van der Waals surface area contributed by atoms with Crippen LogP contribution in [0.2, 0.25) is 0 Å². The number of rotatable bonds is 6. The molecule has 9 heteroatoms. The summed E-state index contributed by atoms with van der Waals surface area (Å²) in [6.45, 7) is 1.22. The molecule has 0 unspecified atom stereocenters. The molecule has 0 saturated carbocycles. The predicted octanol–water partition coefficient (Wildman–Crippen LogP) is 3.44. The Balaban J connectivity index is 1.15. The van der Waals surface area contributed by atoms with E-state index in [0.717, 1.165) is 24.8 Å². The first kappa shape index (κ1) is 22.7. The van der Waals surface area contributed by atoms with Crippen LogP contribution in [0.25, 0.3) is 11.3 Å². The van der Waals surface area contributed by atoms with Crippen molar-refractivity contribution in [2.45, 2.75) is 37.0 Å². The number of fused-ring (bicyclic) bond motifs is 1. The van der Waals surface area contributed by atoms with Crippen molar-refractivity contribution in [3.63, 3.8) is 0 Å². The Bertz CT molecular complexity index is 1310. The normalized spacial score (nSPS) is 16.6. The van der Waals surface area contributed by atoms with Crippen LogP contribution >= 0.6 is 0 Å². The number of carbonyl (C=O) groups is 1. The smallest absolute Gasteiger partial charge is 0.243 e. The summed E-state index contributed by atoms with van der Waals surface area (Å²) in [5.74, 6) is 0.213. The Labute approximate surface area is 198 Å². The number of carbonyl (C=O) groups excluding carboxylic acids is 1. The van der Waals surface area contributed by atoms with Crippen molar-refractivity contribution in [1.82, 2.24) is 14.2 Å². The summed E-state index contributed by atoms with van der Waals surface area (Å²) in [6, 6.07) is 11.7. The van der Waals surface area contributed by atoms with E-state index < -0.39 is 15.8 Å². The van der Waals surface area contributed by atoms with E-state index >= 15 is 0 Å². The molecule has 2 aliphatic rings. The lowest BCUT2D eigenvalue weighted by atomic mass is 10.1. The zero-order valence-corrected chi connectivity index (χ0v) is 19.6. The molecule has 0 N–H and O–H groups in total. The van der Waals surface area contributed by atoms with Crippen molar-refractivity contribution in [3.8, 4) is 11.3 Å². The molecule has 34 heavy (non-hydrogen) atoms. The third-order valence-electron chi connectivity index (χ3n) is 6.54. The number of hydrogen-bond acceptors (Lipinski definition) is 5. The molecule has 0 spiro atoms. The Morgan fingerprint density at radius 1 is 1.03 bits per heavy atom. The average molecular weight is 484 g/mol. The van der Waals surface area contributed by atoms with Gasteiger partial charge >= 0.3 is 0 Å². The van der Waals surface area contributed by atoms with Crippen molar-refractivity contribution in [3.05, 3.63) is 71.5 Å². The summed E-state index contributed by atoms with van der Waals surface area (Å²) < 4.78 is 47.2. The molecule has 2 aromatic carbocycles. The molecular formula is C25H26FN3O4S. The first-order valence-corrected chi connectivity index (χ1v) is 13.0. The summed E-state index contributed by atoms with van der Waals surface area (Å²) >= 11 is 0. The van der Waals surface area contributed by atoms with Crippen molar-refractivity contribution < 1.29 is 22.0 Å². The number of aryl methyl sites for hydroxylation is 3. The summed E-state index contributed by atoms with van der Waals surface area (Å²) in [6.07, 6.45) is 4.94. The molecule has 3 aromatic rings. The Morgan fingerprint density at radius 3 is 2.59 bits per heavy atom. The van der Waals surface area contributed by atoms with Gasteiger partial charge in [0.25, 0.3) is 0 Å². The van der Waals surface area contributed by atoms with Crippen LogP contribution in [0.3, 0.4) is 0 Å². The van der Waals surface area contributed by atoms with Gasteiger partial charge in [-0.25, -0.2) is 17.8 Å². The Hall–Kier alpha value is -3.04. The molecule has 1 amide bonds. The number of aromatic nitrogens is 1. The first-order valence-electron chi connectivity index (χ1n) is 11.5. The SMILES string of the molecule is O=C(CCc1ncc(-c2ccccc2F)o1)N1CCN(S(=O)(=O)c2ccc3c(c2)CCC3)CC1. The van der Waals surface area contributed by atoms with Crippen LogP contribution in [0, 0.1) is 5.82 Å². The molecule has 178 valence electrons. The number of halogens is 1. The maximum Gasteiger partial charge on any atom is 0.243 e. The lowest BCUT2D eigenvalue weighted by molar-refractivity contribution is -0.132. The van der Waals surface area contributed by atoms with Gasteiger partial charge in [-0.15, -0.1) is 0 Å². The molecule has 2 heterocycles. The number of amides is 1. The highest BCUT2D eigenvalue weighted by Crippen LogP contribution is 2.27. The molecule has 0 radical (unpaired) electrons. The van der Waals surface area contributed by atoms with Crippen LogP contribution in [0.4, 0.5) is 4.39 Å². The monoisotopic (exact) mass is 483 g/mol. The van der Waals surface area contributed by atoms with Gasteiger partial charge in [0, 0.05) is 39.0 Å². The van der Waals surface area contributed by atoms with Gasteiger partial charge in [0.1, 0.15) is 5.82 Å². The average Bonchev–Trinajstić information content (AvgIpc) is 3.52. The number of oxazole rings is 1. The lowest BCUT2D eigenvalue weighted by Crippen LogP contribution is -2.50. The molecule has 5 rings (SSSR count). The standard InChI is InChI=1S/C25H26FN3O4S/c26-22-7-2-1-6-21(22)23-17-27-24(33-23)10-11-25(30)28-12-14-29(15-13-28)34(31,32)20-9-8-18-4-3-5-19(18)16-20/h1-2,6-9,16-17H,3-5,10-15H2. The van der Waals surface area contributed by atoms with E-state index in [-0.39, 0.29) is 25.4 Å². The van der Waals surface area contributed by atoms with Crippen molar-refractivity contribution in [2.24, 2.45) is 0 Å². The van der Waals surface area contributed by atoms with Crippen LogP contribution in [0.5, 0.6) is 0 Å². The second-order valence-corrected chi connectivity index (χ2v) is 10.6. The molecule has 0 atom stereocenters. The fourth-order valence-corrected chi connectivity index (χ4v) is 6.09. The summed E-state index contributed by atoms with van der Waals surface area (Å²) in [5.41, 5.74) is 2.69. The maximum atomic E-state index is 13.9. The van der Waals surface area contributed by atoms with E-state index in [0.29, 0.717) is 41.6 Å². The van der Waals surface area contributed by atoms with E-state index in [1.54, 1.807) is 35.2 Å². The van der Waals surface area contributed by atoms with E-state index in [2.05, 4.69) is 4.98 Å². The number of benzene rings is 2. The van der Waals surface area contributed by atoms with Gasteiger partial charge < -0.3 is 9.32 Å². The highest BCUT2D eigenvalue weighted by molar-refractivity contribution is 7.89. The van der Waals surface area contributed by atoms with Crippen LogP contribution in [-0.2, 0) is 34.1 Å². The minimum Gasteiger partial charge on any atom is -0.441 e. The summed E-state index contributed by atoms with van der Waals surface area (Å²) in [4.78, 5) is 18.9. The zero-order valence-electron chi connectivity index (χ0n) is 18.7. The quantitative estimate of drug-likeness (QED) is 0.536. The summed E-state index contributed by atoms with van der Waals surface area (Å²) in [5, 5.41) is 0. The fraction of sp³-hybridized carbons (Fsp3) is 0.360. The maximum absolute atomic E-state index is 13.9. The second kappa shape index (κ2) is 9.31. The van der Waals surface area contributed by atoms with Gasteiger partial charge in [0.05, 0.1) is 16.7 Å². The van der Waals surface area contributed by atoms with Gasteiger partial charge in [-0.3, -0.25) is 4.79 Å². The van der Waals surface area contributed by atoms with Crippen LogP contribution < -0.4 is 0 Å². The van der Waals surface area contributed by atoms with E-state index in [4.69, 9.17) is 4.42 Å². The van der Waals surface area contributed by atoms with E-state index in [1.807, 2.05) is 6.07 Å². The van der Waals surface area contributed by atoms with Gasteiger partial charge in [-0.2, -0.15) is 4.31 Å². The minimum atomic E-state index is -3.58. The predicted molar refractivity (Wildman–Crippen MR) is 124 cm³/mol. The topological polar surface area (TPSA) is 83.7 Å². The van der Waals surface area contributed by atoms with Crippen molar-refractivity contribution in [1.29, 1.82) is 0 Å². The molecule has 1 saturated heterocycles. The van der Waals surface area contributed by atoms with Gasteiger partial charge in [0.2, 0.25) is 15.9 Å². The third-order valence-corrected chi connectivity index (χ3v) is 8.44. The third kappa shape index (κ3) is 4.50. The Morgan fingerprint density at radius 2 is 1.79 bits per heavy atom. The second-order valence-electron chi connectivity index (χ2n) is 8.67. The van der Waals surface area contributed by atoms with Crippen LogP contribution in [0.1, 0.15) is 29.9 Å². The molecule has 1 aliphatic carbocycles. The lowest BCUT2D eigenvalue weighted by Gasteiger charge is -2.34. The van der Waals surface area contributed by atoms with Crippen LogP contribution in [0.15, 0.2) is 58.0 Å². The molecule has 1 aromatic heterocycles. The molecule has 7 nitrogen and oxygen atoms in total. The number of nitrogens with zero attached hydrogens (tertiary/aromatic N) is 3. The number of sulfonamides is 1. The molecule has 1 aliphatic heterocycles. The van der Waals surface area contributed by atoms with Gasteiger partial charge in [0.15, 0.2) is 11.7 Å². The summed E-state index contributed by atoms with van der Waals surface area (Å²) in [7, 11) is -3.58. The Kier molecular flexibility index (Phi) is 6.22. The van der Waals surface area contributed by atoms with Gasteiger partial charge in [-0.1, -0.05) is 18.2 Å². The minimum absolute atomic E-state index is 0.0831. The number of hydrogen-bond donors (Lipinski definition) is 0.